The van der Waals surface area contributed by atoms with Gasteiger partial charge in [0, 0.05) is 0 Å². The van der Waals surface area contributed by atoms with Crippen molar-refractivity contribution in [3.63, 3.8) is 0 Å². The van der Waals surface area contributed by atoms with Crippen LogP contribution in [0.25, 0.3) is 0 Å². The fraction of sp³-hybridized carbons (Fsp3) is 0.833. The summed E-state index contributed by atoms with van der Waals surface area (Å²) in [5.41, 5.74) is 4.63. The molecule has 0 aromatic rings. The number of hydrogen-bond donors (Lipinski definition) is 5. The number of nitrogens with two attached hydrogens (primary N) is 1. The first-order valence-electron chi connectivity index (χ1n) is 3.39. The van der Waals surface area contributed by atoms with Gasteiger partial charge in [0.1, 0.15) is 12.2 Å². The van der Waals surface area contributed by atoms with Crippen molar-refractivity contribution in [2.45, 2.75) is 31.3 Å². The van der Waals surface area contributed by atoms with Crippen LogP contribution in [0.2, 0.25) is 0 Å². The van der Waals surface area contributed by atoms with Crippen molar-refractivity contribution in [3.05, 3.63) is 0 Å². The zero-order chi connectivity index (χ0) is 9.89. The molecule has 0 bridgehead atoms. The maximum atomic E-state index is 10.3. The van der Waals surface area contributed by atoms with Crippen molar-refractivity contribution in [3.8, 4) is 0 Å². The van der Waals surface area contributed by atoms with Crippen molar-refractivity contribution in [1.29, 1.82) is 0 Å². The third kappa shape index (κ3) is 2.74. The second-order valence-electron chi connectivity index (χ2n) is 2.57. The Hall–Kier alpha value is -0.690. The molecule has 0 spiro atoms. The Bertz CT molecular complexity index is 160. The first kappa shape index (κ1) is 11.3. The van der Waals surface area contributed by atoms with E-state index in [9.17, 15) is 4.79 Å². The van der Waals surface area contributed by atoms with Gasteiger partial charge in [-0.05, 0) is 6.92 Å². The number of rotatable bonds is 4. The predicted octanol–water partition coefficient (Wildman–Crippen LogP) is -3.06. The van der Waals surface area contributed by atoms with Gasteiger partial charge in [-0.3, -0.25) is 4.79 Å². The molecule has 1 amide bonds. The van der Waals surface area contributed by atoms with Gasteiger partial charge in [-0.15, -0.1) is 0 Å². The summed E-state index contributed by atoms with van der Waals surface area (Å²) in [5, 5.41) is 35.5. The lowest BCUT2D eigenvalue weighted by Crippen LogP contribution is -2.48. The number of amides is 1. The van der Waals surface area contributed by atoms with Crippen LogP contribution in [0.1, 0.15) is 6.92 Å². The summed E-state index contributed by atoms with van der Waals surface area (Å²) in [4.78, 5) is 10.3. The fourth-order valence-electron chi connectivity index (χ4n) is 0.640. The molecule has 0 unspecified atom stereocenters. The van der Waals surface area contributed by atoms with E-state index in [1.165, 1.54) is 6.92 Å². The highest BCUT2D eigenvalue weighted by atomic mass is 16.4. The summed E-state index contributed by atoms with van der Waals surface area (Å²) in [6, 6.07) is 0. The van der Waals surface area contributed by atoms with Crippen LogP contribution in [0.4, 0.5) is 0 Å². The summed E-state index contributed by atoms with van der Waals surface area (Å²) >= 11 is 0. The average Bonchev–Trinajstić information content (AvgIpc) is 2.00. The highest BCUT2D eigenvalue weighted by molar-refractivity contribution is 5.79. The van der Waals surface area contributed by atoms with E-state index in [2.05, 4.69) is 5.73 Å². The number of carbonyl (C=O) groups is 1. The van der Waals surface area contributed by atoms with Crippen LogP contribution in [0.15, 0.2) is 0 Å². The molecule has 0 aromatic heterocycles. The standard InChI is InChI=1S/C6H13NO5/c1-2(8)3(9)4(10)5(11)6(7)12/h2-5,8-11H,1H3,(H2,7,12)/t2-,3+,4+,5-/m0/s1. The molecule has 6 nitrogen and oxygen atoms in total. The van der Waals surface area contributed by atoms with Gasteiger partial charge in [0.25, 0.3) is 0 Å². The average molecular weight is 179 g/mol. The van der Waals surface area contributed by atoms with E-state index in [0.29, 0.717) is 0 Å². The third-order valence-electron chi connectivity index (χ3n) is 1.46. The number of hydrogen-bond acceptors (Lipinski definition) is 5. The molecular formula is C6H13NO5. The highest BCUT2D eigenvalue weighted by Gasteiger charge is 2.31. The smallest absolute Gasteiger partial charge is 0.249 e. The van der Waals surface area contributed by atoms with E-state index in [1.54, 1.807) is 0 Å². The molecule has 0 aliphatic heterocycles. The van der Waals surface area contributed by atoms with Crippen LogP contribution in [0.3, 0.4) is 0 Å². The number of carbonyl (C=O) groups excluding carboxylic acids is 1. The third-order valence-corrected chi connectivity index (χ3v) is 1.46. The van der Waals surface area contributed by atoms with Crippen LogP contribution in [0.5, 0.6) is 0 Å². The van der Waals surface area contributed by atoms with Crippen molar-refractivity contribution in [1.82, 2.24) is 0 Å². The molecule has 0 radical (unpaired) electrons. The van der Waals surface area contributed by atoms with E-state index in [1.807, 2.05) is 0 Å². The van der Waals surface area contributed by atoms with Gasteiger partial charge in [0.05, 0.1) is 6.10 Å². The summed E-state index contributed by atoms with van der Waals surface area (Å²) in [6.45, 7) is 1.21. The predicted molar refractivity (Wildman–Crippen MR) is 38.9 cm³/mol. The first-order chi connectivity index (χ1) is 5.37. The zero-order valence-electron chi connectivity index (χ0n) is 6.58. The van der Waals surface area contributed by atoms with Gasteiger partial charge in [-0.2, -0.15) is 0 Å². The van der Waals surface area contributed by atoms with Gasteiger partial charge in [0.15, 0.2) is 6.10 Å². The quantitative estimate of drug-likeness (QED) is 0.313. The summed E-state index contributed by atoms with van der Waals surface area (Å²) in [7, 11) is 0. The molecule has 0 saturated carbocycles. The topological polar surface area (TPSA) is 124 Å². The summed E-state index contributed by atoms with van der Waals surface area (Å²) < 4.78 is 0. The van der Waals surface area contributed by atoms with Crippen LogP contribution in [-0.2, 0) is 4.79 Å². The molecule has 6 heteroatoms. The minimum atomic E-state index is -1.87. The number of aliphatic hydroxyl groups is 4. The molecule has 0 aliphatic carbocycles. The Balaban J connectivity index is 4.18. The lowest BCUT2D eigenvalue weighted by molar-refractivity contribution is -0.142. The zero-order valence-corrected chi connectivity index (χ0v) is 6.58. The highest BCUT2D eigenvalue weighted by Crippen LogP contribution is 2.03. The van der Waals surface area contributed by atoms with Crippen molar-refractivity contribution in [2.24, 2.45) is 5.73 Å². The normalized spacial score (nSPS) is 21.1. The Morgan fingerprint density at radius 2 is 1.58 bits per heavy atom. The van der Waals surface area contributed by atoms with Gasteiger partial charge < -0.3 is 26.2 Å². The number of primary amides is 1. The second-order valence-corrected chi connectivity index (χ2v) is 2.57. The molecule has 0 rings (SSSR count). The monoisotopic (exact) mass is 179 g/mol. The minimum absolute atomic E-state index is 1.15. The Morgan fingerprint density at radius 1 is 1.17 bits per heavy atom. The Morgan fingerprint density at radius 3 is 1.83 bits per heavy atom. The van der Waals surface area contributed by atoms with Crippen molar-refractivity contribution < 1.29 is 25.2 Å². The summed E-state index contributed by atoms with van der Waals surface area (Å²) in [6.07, 6.45) is -6.46. The molecule has 0 aliphatic rings. The van der Waals surface area contributed by atoms with Gasteiger partial charge in [-0.1, -0.05) is 0 Å². The van der Waals surface area contributed by atoms with Crippen molar-refractivity contribution >= 4 is 5.91 Å². The number of aliphatic hydroxyl groups excluding tert-OH is 4. The maximum Gasteiger partial charge on any atom is 0.249 e. The van der Waals surface area contributed by atoms with Crippen LogP contribution < -0.4 is 5.73 Å². The van der Waals surface area contributed by atoms with Crippen LogP contribution >= 0.6 is 0 Å². The Kier molecular flexibility index (Phi) is 4.11. The van der Waals surface area contributed by atoms with E-state index >= 15 is 0 Å². The molecule has 0 fully saturated rings. The molecule has 12 heavy (non-hydrogen) atoms. The van der Waals surface area contributed by atoms with Gasteiger partial charge >= 0.3 is 0 Å². The molecule has 72 valence electrons. The van der Waals surface area contributed by atoms with E-state index in [4.69, 9.17) is 20.4 Å². The minimum Gasteiger partial charge on any atom is -0.391 e. The van der Waals surface area contributed by atoms with Gasteiger partial charge in [0.2, 0.25) is 5.91 Å². The molecule has 0 saturated heterocycles. The molecular weight excluding hydrogens is 166 g/mol. The second kappa shape index (κ2) is 4.36. The lowest BCUT2D eigenvalue weighted by Gasteiger charge is -2.22. The van der Waals surface area contributed by atoms with Gasteiger partial charge in [-0.25, -0.2) is 0 Å². The Labute approximate surface area is 69.2 Å². The molecule has 0 aromatic carbocycles. The largest absolute Gasteiger partial charge is 0.391 e. The van der Waals surface area contributed by atoms with E-state index < -0.39 is 30.3 Å². The fourth-order valence-corrected chi connectivity index (χ4v) is 0.640. The SMILES string of the molecule is C[C@H](O)[C@@H](O)[C@@H](O)[C@H](O)C(N)=O. The van der Waals surface area contributed by atoms with Crippen molar-refractivity contribution in [2.75, 3.05) is 0 Å². The molecule has 0 heterocycles. The van der Waals surface area contributed by atoms with E-state index in [-0.39, 0.29) is 0 Å². The lowest BCUT2D eigenvalue weighted by atomic mass is 10.0. The van der Waals surface area contributed by atoms with E-state index in [0.717, 1.165) is 0 Å². The molecule has 4 atom stereocenters. The first-order valence-corrected chi connectivity index (χ1v) is 3.39. The maximum absolute atomic E-state index is 10.3. The van der Waals surface area contributed by atoms with Crippen LogP contribution in [-0.4, -0.2) is 50.7 Å². The van der Waals surface area contributed by atoms with Crippen LogP contribution in [0, 0.1) is 0 Å². The summed E-state index contributed by atoms with van der Waals surface area (Å²) in [5.74, 6) is -1.15. The molecule has 6 N–H and O–H groups in total.